The third-order valence-corrected chi connectivity index (χ3v) is 3.46. The smallest absolute Gasteiger partial charge is 0.338 e. The minimum Gasteiger partial charge on any atom is -0.461 e. The van der Waals surface area contributed by atoms with Crippen LogP contribution < -0.4 is 5.73 Å². The van der Waals surface area contributed by atoms with Crippen molar-refractivity contribution in [2.75, 3.05) is 32.0 Å². The first-order valence-electron chi connectivity index (χ1n) is 6.03. The van der Waals surface area contributed by atoms with Gasteiger partial charge in [-0.05, 0) is 47.2 Å². The molecular weight excluding hydrogens is 296 g/mol. The Morgan fingerprint density at radius 3 is 2.61 bits per heavy atom. The molecule has 0 amide bonds. The van der Waals surface area contributed by atoms with Crippen LogP contribution in [0.4, 0.5) is 5.69 Å². The van der Waals surface area contributed by atoms with Crippen molar-refractivity contribution in [1.82, 2.24) is 4.90 Å². The Kier molecular flexibility index (Phi) is 6.15. The zero-order valence-electron chi connectivity index (χ0n) is 10.8. The number of carbonyl (C=O) groups excluding carboxylic acids is 1. The normalized spacial score (nSPS) is 10.7. The van der Waals surface area contributed by atoms with Gasteiger partial charge in [0.2, 0.25) is 0 Å². The molecule has 5 heteroatoms. The van der Waals surface area contributed by atoms with Gasteiger partial charge in [0.05, 0.1) is 5.56 Å². The van der Waals surface area contributed by atoms with Crippen LogP contribution in [0.1, 0.15) is 24.2 Å². The second kappa shape index (κ2) is 7.38. The molecule has 0 aliphatic carbocycles. The first-order chi connectivity index (χ1) is 8.58. The van der Waals surface area contributed by atoms with Gasteiger partial charge in [-0.1, -0.05) is 13.8 Å². The number of anilines is 1. The number of rotatable bonds is 6. The van der Waals surface area contributed by atoms with Crippen LogP contribution in [0, 0.1) is 0 Å². The summed E-state index contributed by atoms with van der Waals surface area (Å²) in [5, 5.41) is 0. The number of nitrogen functional groups attached to an aromatic ring is 1. The molecule has 18 heavy (non-hydrogen) atoms. The zero-order valence-corrected chi connectivity index (χ0v) is 12.4. The van der Waals surface area contributed by atoms with Crippen molar-refractivity contribution >= 4 is 27.6 Å². The molecular formula is C13H19BrN2O2. The van der Waals surface area contributed by atoms with E-state index in [1.54, 1.807) is 18.2 Å². The number of nitrogens with two attached hydrogens (primary N) is 1. The molecule has 0 aliphatic heterocycles. The summed E-state index contributed by atoms with van der Waals surface area (Å²) >= 11 is 3.29. The maximum absolute atomic E-state index is 11.8. The van der Waals surface area contributed by atoms with E-state index in [-0.39, 0.29) is 5.97 Å². The van der Waals surface area contributed by atoms with Gasteiger partial charge in [0.1, 0.15) is 6.61 Å². The summed E-state index contributed by atoms with van der Waals surface area (Å²) in [4.78, 5) is 14.0. The molecule has 2 N–H and O–H groups in total. The second-order valence-corrected chi connectivity index (χ2v) is 4.75. The van der Waals surface area contributed by atoms with E-state index in [1.165, 1.54) is 0 Å². The Labute approximate surface area is 116 Å². The van der Waals surface area contributed by atoms with Crippen molar-refractivity contribution in [2.24, 2.45) is 0 Å². The lowest BCUT2D eigenvalue weighted by molar-refractivity contribution is 0.0466. The molecule has 100 valence electrons. The molecule has 0 fully saturated rings. The fourth-order valence-electron chi connectivity index (χ4n) is 1.54. The third kappa shape index (κ3) is 4.31. The number of hydrogen-bond acceptors (Lipinski definition) is 4. The number of esters is 1. The lowest BCUT2D eigenvalue weighted by Gasteiger charge is -2.17. The number of hydrogen-bond donors (Lipinski definition) is 1. The maximum atomic E-state index is 11.8. The van der Waals surface area contributed by atoms with Crippen molar-refractivity contribution in [3.05, 3.63) is 28.2 Å². The molecule has 4 nitrogen and oxygen atoms in total. The average Bonchev–Trinajstić information content (AvgIpc) is 2.37. The molecule has 1 rings (SSSR count). The number of nitrogens with zero attached hydrogens (tertiary/aromatic N) is 1. The van der Waals surface area contributed by atoms with Crippen molar-refractivity contribution < 1.29 is 9.53 Å². The van der Waals surface area contributed by atoms with Gasteiger partial charge < -0.3 is 15.4 Å². The second-order valence-electron chi connectivity index (χ2n) is 3.90. The fraction of sp³-hybridized carbons (Fsp3) is 0.462. The minimum absolute atomic E-state index is 0.317. The summed E-state index contributed by atoms with van der Waals surface area (Å²) in [6.07, 6.45) is 0. The lowest BCUT2D eigenvalue weighted by Crippen LogP contribution is -2.27. The minimum atomic E-state index is -0.317. The predicted octanol–water partition coefficient (Wildman–Crippen LogP) is 2.53. The maximum Gasteiger partial charge on any atom is 0.338 e. The van der Waals surface area contributed by atoms with Crippen LogP contribution >= 0.6 is 15.9 Å². The van der Waals surface area contributed by atoms with Crippen molar-refractivity contribution in [3.8, 4) is 0 Å². The molecule has 0 unspecified atom stereocenters. The molecule has 0 bridgehead atoms. The van der Waals surface area contributed by atoms with Crippen LogP contribution in [0.3, 0.4) is 0 Å². The van der Waals surface area contributed by atoms with Gasteiger partial charge in [0.25, 0.3) is 0 Å². The van der Waals surface area contributed by atoms with Crippen molar-refractivity contribution in [3.63, 3.8) is 0 Å². The summed E-state index contributed by atoms with van der Waals surface area (Å²) in [6.45, 7) is 7.26. The summed E-state index contributed by atoms with van der Waals surface area (Å²) in [5.41, 5.74) is 6.78. The van der Waals surface area contributed by atoms with Gasteiger partial charge in [-0.25, -0.2) is 4.79 Å². The molecule has 0 saturated heterocycles. The number of halogens is 1. The largest absolute Gasteiger partial charge is 0.461 e. The van der Waals surface area contributed by atoms with E-state index < -0.39 is 0 Å². The Hall–Kier alpha value is -1.07. The van der Waals surface area contributed by atoms with E-state index in [0.717, 1.165) is 19.6 Å². The van der Waals surface area contributed by atoms with Gasteiger partial charge in [0.15, 0.2) is 0 Å². The highest BCUT2D eigenvalue weighted by Crippen LogP contribution is 2.20. The lowest BCUT2D eigenvalue weighted by atomic mass is 10.2. The molecule has 1 aromatic rings. The Morgan fingerprint density at radius 2 is 2.06 bits per heavy atom. The van der Waals surface area contributed by atoms with Crippen LogP contribution in [0.2, 0.25) is 0 Å². The van der Waals surface area contributed by atoms with E-state index in [1.807, 2.05) is 0 Å². The fourth-order valence-corrected chi connectivity index (χ4v) is 1.92. The number of benzene rings is 1. The van der Waals surface area contributed by atoms with Gasteiger partial charge in [0, 0.05) is 16.7 Å². The van der Waals surface area contributed by atoms with E-state index in [2.05, 4.69) is 34.7 Å². The zero-order chi connectivity index (χ0) is 13.5. The van der Waals surface area contributed by atoms with Gasteiger partial charge >= 0.3 is 5.97 Å². The van der Waals surface area contributed by atoms with Crippen LogP contribution in [-0.4, -0.2) is 37.1 Å². The molecule has 0 saturated carbocycles. The van der Waals surface area contributed by atoms with Crippen LogP contribution in [-0.2, 0) is 4.74 Å². The van der Waals surface area contributed by atoms with Crippen LogP contribution in [0.15, 0.2) is 22.7 Å². The number of likely N-dealkylation sites (N-methyl/N-ethyl adjacent to an activating group) is 1. The van der Waals surface area contributed by atoms with Crippen molar-refractivity contribution in [2.45, 2.75) is 13.8 Å². The summed E-state index contributed by atoms with van der Waals surface area (Å²) in [6, 6.07) is 5.03. The molecule has 0 aliphatic rings. The van der Waals surface area contributed by atoms with Gasteiger partial charge in [-0.2, -0.15) is 0 Å². The Balaban J connectivity index is 2.48. The number of ether oxygens (including phenoxy) is 1. The quantitative estimate of drug-likeness (QED) is 0.647. The monoisotopic (exact) mass is 314 g/mol. The molecule has 0 heterocycles. The SMILES string of the molecule is CCN(CC)CCOC(=O)c1ccc(N)c(Br)c1. The first kappa shape index (κ1) is 15.0. The van der Waals surface area contributed by atoms with Crippen LogP contribution in [0.25, 0.3) is 0 Å². The summed E-state index contributed by atoms with van der Waals surface area (Å²) < 4.78 is 5.92. The summed E-state index contributed by atoms with van der Waals surface area (Å²) in [5.74, 6) is -0.317. The Bertz CT molecular complexity index is 406. The van der Waals surface area contributed by atoms with E-state index >= 15 is 0 Å². The topological polar surface area (TPSA) is 55.6 Å². The summed E-state index contributed by atoms with van der Waals surface area (Å²) in [7, 11) is 0. The predicted molar refractivity (Wildman–Crippen MR) is 76.6 cm³/mol. The van der Waals surface area contributed by atoms with Crippen molar-refractivity contribution in [1.29, 1.82) is 0 Å². The average molecular weight is 315 g/mol. The highest BCUT2D eigenvalue weighted by atomic mass is 79.9. The third-order valence-electron chi connectivity index (χ3n) is 2.77. The molecule has 0 aromatic heterocycles. The Morgan fingerprint density at radius 1 is 1.39 bits per heavy atom. The van der Waals surface area contributed by atoms with E-state index in [9.17, 15) is 4.79 Å². The van der Waals surface area contributed by atoms with E-state index in [4.69, 9.17) is 10.5 Å². The number of carbonyl (C=O) groups is 1. The first-order valence-corrected chi connectivity index (χ1v) is 6.82. The highest BCUT2D eigenvalue weighted by molar-refractivity contribution is 9.10. The standard InChI is InChI=1S/C13H19BrN2O2/c1-3-16(4-2)7-8-18-13(17)10-5-6-12(15)11(14)9-10/h5-6,9H,3-4,7-8,15H2,1-2H3. The van der Waals surface area contributed by atoms with Gasteiger partial charge in [-0.15, -0.1) is 0 Å². The van der Waals surface area contributed by atoms with E-state index in [0.29, 0.717) is 22.3 Å². The van der Waals surface area contributed by atoms with Crippen LogP contribution in [0.5, 0.6) is 0 Å². The molecule has 0 spiro atoms. The highest BCUT2D eigenvalue weighted by Gasteiger charge is 2.09. The molecule has 1 aromatic carbocycles. The van der Waals surface area contributed by atoms with Gasteiger partial charge in [-0.3, -0.25) is 0 Å². The molecule has 0 radical (unpaired) electrons. The molecule has 0 atom stereocenters.